The van der Waals surface area contributed by atoms with Gasteiger partial charge in [0.05, 0.1) is 6.42 Å². The summed E-state index contributed by atoms with van der Waals surface area (Å²) in [5, 5.41) is 10.0. The van der Waals surface area contributed by atoms with Crippen LogP contribution in [0.15, 0.2) is 0 Å². The molecular formula is C13H19N5O2S2. The van der Waals surface area contributed by atoms with Gasteiger partial charge in [-0.3, -0.25) is 20.4 Å². The van der Waals surface area contributed by atoms with E-state index in [2.05, 4.69) is 33.3 Å². The number of carbonyl (C=O) groups excluding carboxylic acids is 2. The smallest absolute Gasteiger partial charge is 0.238 e. The van der Waals surface area contributed by atoms with Crippen molar-refractivity contribution in [3.05, 3.63) is 10.0 Å². The van der Waals surface area contributed by atoms with Crippen LogP contribution in [0.3, 0.4) is 0 Å². The minimum Gasteiger partial charge on any atom is -0.375 e. The molecule has 2 rings (SSSR count). The fraction of sp³-hybridized carbons (Fsp3) is 0.615. The molecule has 1 aromatic rings. The van der Waals surface area contributed by atoms with Crippen LogP contribution < -0.4 is 16.6 Å². The summed E-state index contributed by atoms with van der Waals surface area (Å²) in [5.74, 6) is 0.625. The van der Waals surface area contributed by atoms with E-state index in [1.54, 1.807) is 6.92 Å². The van der Waals surface area contributed by atoms with E-state index in [1.165, 1.54) is 11.3 Å². The lowest BCUT2D eigenvalue weighted by atomic mass is 10.0. The first-order chi connectivity index (χ1) is 10.4. The quantitative estimate of drug-likeness (QED) is 0.537. The van der Waals surface area contributed by atoms with E-state index >= 15 is 0 Å². The minimum atomic E-state index is -0.118. The molecule has 1 fully saturated rings. The van der Waals surface area contributed by atoms with Gasteiger partial charge < -0.3 is 5.73 Å². The average Bonchev–Trinajstić information content (AvgIpc) is 3.05. The second kappa shape index (κ2) is 7.59. The van der Waals surface area contributed by atoms with Crippen molar-refractivity contribution in [2.75, 3.05) is 0 Å². The standard InChI is InChI=1S/C13H19N5O2S2/c1-7(19)4-11-16-17-12(22-11)9-3-2-8(5-9)6-10(20)15-18-13(14)21/h8-9H,2-6H2,1H3,(H,15,20)(H3,14,18,21). The number of aromatic nitrogens is 2. The van der Waals surface area contributed by atoms with E-state index in [0.29, 0.717) is 24.7 Å². The van der Waals surface area contributed by atoms with Crippen LogP contribution >= 0.6 is 23.6 Å². The molecule has 0 spiro atoms. The van der Waals surface area contributed by atoms with E-state index in [9.17, 15) is 9.59 Å². The fourth-order valence-electron chi connectivity index (χ4n) is 2.65. The molecule has 2 unspecified atom stereocenters. The van der Waals surface area contributed by atoms with E-state index < -0.39 is 0 Å². The first kappa shape index (κ1) is 16.8. The SMILES string of the molecule is CC(=O)Cc1nnc(C2CCC(CC(=O)NNC(N)=S)C2)s1. The Labute approximate surface area is 138 Å². The molecule has 2 atom stereocenters. The Balaban J connectivity index is 1.82. The molecular weight excluding hydrogens is 322 g/mol. The van der Waals surface area contributed by atoms with Crippen molar-refractivity contribution in [1.29, 1.82) is 0 Å². The highest BCUT2D eigenvalue weighted by Gasteiger charge is 2.29. The van der Waals surface area contributed by atoms with E-state index in [1.807, 2.05) is 0 Å². The molecule has 0 aromatic carbocycles. The molecule has 7 nitrogen and oxygen atoms in total. The van der Waals surface area contributed by atoms with Gasteiger partial charge in [-0.25, -0.2) is 0 Å². The van der Waals surface area contributed by atoms with Crippen LogP contribution in [0.4, 0.5) is 0 Å². The summed E-state index contributed by atoms with van der Waals surface area (Å²) in [7, 11) is 0. The van der Waals surface area contributed by atoms with E-state index in [4.69, 9.17) is 5.73 Å². The number of hydrogen-bond donors (Lipinski definition) is 3. The summed E-state index contributed by atoms with van der Waals surface area (Å²) in [6.07, 6.45) is 3.67. The van der Waals surface area contributed by atoms with Gasteiger partial charge in [-0.15, -0.1) is 21.5 Å². The number of nitrogens with one attached hydrogen (secondary N) is 2. The summed E-state index contributed by atoms with van der Waals surface area (Å²) < 4.78 is 0. The minimum absolute atomic E-state index is 0.0458. The van der Waals surface area contributed by atoms with Crippen LogP contribution in [-0.4, -0.2) is 27.0 Å². The molecule has 1 aliphatic rings. The van der Waals surface area contributed by atoms with Crippen LogP contribution in [-0.2, 0) is 16.0 Å². The third-order valence-corrected chi connectivity index (χ3v) is 4.76. The molecule has 9 heteroatoms. The first-order valence-corrected chi connectivity index (χ1v) is 8.32. The summed E-state index contributed by atoms with van der Waals surface area (Å²) in [6, 6.07) is 0. The monoisotopic (exact) mass is 341 g/mol. The van der Waals surface area contributed by atoms with Gasteiger partial charge in [-0.05, 0) is 44.3 Å². The maximum absolute atomic E-state index is 11.7. The number of rotatable bonds is 5. The van der Waals surface area contributed by atoms with Crippen LogP contribution in [0, 0.1) is 5.92 Å². The number of nitrogens with two attached hydrogens (primary N) is 1. The number of amides is 1. The Bertz CT molecular complexity index is 575. The first-order valence-electron chi connectivity index (χ1n) is 7.10. The largest absolute Gasteiger partial charge is 0.375 e. The lowest BCUT2D eigenvalue weighted by Gasteiger charge is -2.10. The highest BCUT2D eigenvalue weighted by atomic mass is 32.1. The van der Waals surface area contributed by atoms with E-state index in [0.717, 1.165) is 29.3 Å². The molecule has 1 amide bonds. The summed E-state index contributed by atoms with van der Waals surface area (Å²) in [4.78, 5) is 22.8. The lowest BCUT2D eigenvalue weighted by Crippen LogP contribution is -2.44. The van der Waals surface area contributed by atoms with Crippen molar-refractivity contribution in [2.45, 2.75) is 44.9 Å². The van der Waals surface area contributed by atoms with Crippen LogP contribution in [0.2, 0.25) is 0 Å². The highest BCUT2D eigenvalue weighted by Crippen LogP contribution is 2.40. The topological polar surface area (TPSA) is 110 Å². The Hall–Kier alpha value is -1.61. The number of carbonyl (C=O) groups is 2. The Morgan fingerprint density at radius 1 is 1.36 bits per heavy atom. The van der Waals surface area contributed by atoms with Gasteiger partial charge >= 0.3 is 0 Å². The number of ketones is 1. The maximum atomic E-state index is 11.7. The van der Waals surface area contributed by atoms with Gasteiger partial charge in [0.1, 0.15) is 15.8 Å². The molecule has 120 valence electrons. The zero-order chi connectivity index (χ0) is 16.1. The van der Waals surface area contributed by atoms with Crippen LogP contribution in [0.5, 0.6) is 0 Å². The summed E-state index contributed by atoms with van der Waals surface area (Å²) in [6.45, 7) is 1.55. The molecule has 0 aliphatic heterocycles. The fourth-order valence-corrected chi connectivity index (χ4v) is 3.76. The maximum Gasteiger partial charge on any atom is 0.238 e. The highest BCUT2D eigenvalue weighted by molar-refractivity contribution is 7.80. The third-order valence-electron chi connectivity index (χ3n) is 3.57. The molecule has 22 heavy (non-hydrogen) atoms. The van der Waals surface area contributed by atoms with Crippen molar-refractivity contribution < 1.29 is 9.59 Å². The normalized spacial score (nSPS) is 20.6. The summed E-state index contributed by atoms with van der Waals surface area (Å²) >= 11 is 6.13. The molecule has 4 N–H and O–H groups in total. The number of nitrogens with zero attached hydrogens (tertiary/aromatic N) is 2. The van der Waals surface area contributed by atoms with Gasteiger partial charge in [0.15, 0.2) is 5.11 Å². The van der Waals surface area contributed by atoms with Crippen molar-refractivity contribution in [1.82, 2.24) is 21.0 Å². The zero-order valence-electron chi connectivity index (χ0n) is 12.3. The number of hydrazine groups is 1. The number of thiocarbonyl (C=S) groups is 1. The summed E-state index contributed by atoms with van der Waals surface area (Å²) in [5.41, 5.74) is 10.2. The number of hydrogen-bond acceptors (Lipinski definition) is 6. The third kappa shape index (κ3) is 4.99. The van der Waals surface area contributed by atoms with Gasteiger partial charge in [0, 0.05) is 12.3 Å². The predicted octanol–water partition coefficient (Wildman–Crippen LogP) is 0.808. The second-order valence-corrected chi connectivity index (χ2v) is 7.06. The Morgan fingerprint density at radius 3 is 2.82 bits per heavy atom. The average molecular weight is 341 g/mol. The molecule has 1 saturated carbocycles. The lowest BCUT2D eigenvalue weighted by molar-refractivity contribution is -0.122. The van der Waals surface area contributed by atoms with Gasteiger partial charge in [0.25, 0.3) is 0 Å². The van der Waals surface area contributed by atoms with Crippen molar-refractivity contribution in [3.63, 3.8) is 0 Å². The van der Waals surface area contributed by atoms with Crippen molar-refractivity contribution >= 4 is 40.4 Å². The molecule has 1 heterocycles. The van der Waals surface area contributed by atoms with Crippen molar-refractivity contribution in [3.8, 4) is 0 Å². The van der Waals surface area contributed by atoms with Crippen LogP contribution in [0.25, 0.3) is 0 Å². The van der Waals surface area contributed by atoms with Crippen molar-refractivity contribution in [2.24, 2.45) is 11.7 Å². The van der Waals surface area contributed by atoms with Gasteiger partial charge in [-0.1, -0.05) is 0 Å². The zero-order valence-corrected chi connectivity index (χ0v) is 13.9. The Kier molecular flexibility index (Phi) is 5.78. The van der Waals surface area contributed by atoms with Gasteiger partial charge in [0.2, 0.25) is 5.91 Å². The van der Waals surface area contributed by atoms with E-state index in [-0.39, 0.29) is 16.8 Å². The Morgan fingerprint density at radius 2 is 2.14 bits per heavy atom. The molecule has 1 aromatic heterocycles. The predicted molar refractivity (Wildman–Crippen MR) is 87.1 cm³/mol. The molecule has 0 radical (unpaired) electrons. The van der Waals surface area contributed by atoms with Gasteiger partial charge in [-0.2, -0.15) is 0 Å². The van der Waals surface area contributed by atoms with Crippen LogP contribution in [0.1, 0.15) is 48.5 Å². The second-order valence-electron chi connectivity index (χ2n) is 5.53. The molecule has 0 bridgehead atoms. The molecule has 1 aliphatic carbocycles. The molecule has 0 saturated heterocycles. The number of Topliss-reactive ketones (excluding diaryl/α,β-unsaturated/α-hetero) is 1.